The summed E-state index contributed by atoms with van der Waals surface area (Å²) in [6.45, 7) is 1.72. The Labute approximate surface area is 106 Å². The summed E-state index contributed by atoms with van der Waals surface area (Å²) in [5, 5.41) is 13.6. The third-order valence-electron chi connectivity index (χ3n) is 2.78. The lowest BCUT2D eigenvalue weighted by atomic mass is 10.1. The molecule has 19 heavy (non-hydrogen) atoms. The highest BCUT2D eigenvalue weighted by Crippen LogP contribution is 2.34. The molecule has 1 fully saturated rings. The van der Waals surface area contributed by atoms with Gasteiger partial charge in [-0.05, 0) is 6.07 Å². The maximum Gasteiger partial charge on any atom is 0.416 e. The van der Waals surface area contributed by atoms with Crippen LogP contribution in [0.3, 0.4) is 0 Å². The number of hydrogen-bond donors (Lipinski definition) is 1. The van der Waals surface area contributed by atoms with Gasteiger partial charge in [-0.15, -0.1) is 0 Å². The summed E-state index contributed by atoms with van der Waals surface area (Å²) in [5.74, 6) is 0.0991. The molecule has 0 aromatic heterocycles. The molecule has 0 bridgehead atoms. The van der Waals surface area contributed by atoms with E-state index in [0.717, 1.165) is 25.2 Å². The molecular weight excluding hydrogens is 265 g/mol. The third kappa shape index (κ3) is 3.34. The molecule has 0 aliphatic carbocycles. The fourth-order valence-electron chi connectivity index (χ4n) is 1.62. The first-order valence-electron chi connectivity index (χ1n) is 5.56. The summed E-state index contributed by atoms with van der Waals surface area (Å²) >= 11 is 0. The largest absolute Gasteiger partial charge is 0.493 e. The van der Waals surface area contributed by atoms with Crippen LogP contribution in [0.4, 0.5) is 18.9 Å². The zero-order chi connectivity index (χ0) is 14.0. The van der Waals surface area contributed by atoms with E-state index < -0.39 is 22.4 Å². The number of ether oxygens (including phenoxy) is 1. The number of nitrogens with zero attached hydrogens (tertiary/aromatic N) is 1. The van der Waals surface area contributed by atoms with Gasteiger partial charge in [0.15, 0.2) is 0 Å². The molecule has 1 aliphatic rings. The van der Waals surface area contributed by atoms with Gasteiger partial charge >= 0.3 is 6.18 Å². The van der Waals surface area contributed by atoms with Crippen LogP contribution < -0.4 is 10.1 Å². The van der Waals surface area contributed by atoms with Gasteiger partial charge in [-0.3, -0.25) is 10.1 Å². The Morgan fingerprint density at radius 1 is 1.37 bits per heavy atom. The molecule has 0 radical (unpaired) electrons. The third-order valence-corrected chi connectivity index (χ3v) is 2.78. The summed E-state index contributed by atoms with van der Waals surface area (Å²) in [7, 11) is 0. The van der Waals surface area contributed by atoms with Crippen molar-refractivity contribution in [3.05, 3.63) is 33.9 Å². The van der Waals surface area contributed by atoms with Crippen LogP contribution in [-0.2, 0) is 6.18 Å². The number of halogens is 3. The molecule has 1 N–H and O–H groups in total. The molecule has 0 amide bonds. The summed E-state index contributed by atoms with van der Waals surface area (Å²) in [6.07, 6.45) is -4.64. The van der Waals surface area contributed by atoms with Gasteiger partial charge in [-0.25, -0.2) is 0 Å². The monoisotopic (exact) mass is 276 g/mol. The maximum absolute atomic E-state index is 12.6. The van der Waals surface area contributed by atoms with Crippen molar-refractivity contribution in [2.75, 3.05) is 19.7 Å². The average Bonchev–Trinajstić information content (AvgIpc) is 2.25. The number of rotatable bonds is 4. The van der Waals surface area contributed by atoms with Crippen LogP contribution >= 0.6 is 0 Å². The minimum atomic E-state index is -4.64. The molecule has 8 heteroatoms. The van der Waals surface area contributed by atoms with E-state index in [9.17, 15) is 23.3 Å². The smallest absolute Gasteiger partial charge is 0.416 e. The topological polar surface area (TPSA) is 64.4 Å². The zero-order valence-corrected chi connectivity index (χ0v) is 9.74. The van der Waals surface area contributed by atoms with E-state index in [-0.39, 0.29) is 18.3 Å². The fraction of sp³-hybridized carbons (Fsp3) is 0.455. The van der Waals surface area contributed by atoms with E-state index in [1.165, 1.54) is 0 Å². The van der Waals surface area contributed by atoms with Crippen LogP contribution in [0.15, 0.2) is 18.2 Å². The summed E-state index contributed by atoms with van der Waals surface area (Å²) in [5.41, 5.74) is -1.71. The van der Waals surface area contributed by atoms with Crippen molar-refractivity contribution in [2.45, 2.75) is 6.18 Å². The van der Waals surface area contributed by atoms with Crippen LogP contribution in [0.5, 0.6) is 5.75 Å². The van der Waals surface area contributed by atoms with Crippen LogP contribution in [0.25, 0.3) is 0 Å². The molecule has 0 spiro atoms. The molecule has 104 valence electrons. The number of nitro groups is 1. The fourth-order valence-corrected chi connectivity index (χ4v) is 1.62. The molecule has 1 aliphatic heterocycles. The molecule has 1 saturated heterocycles. The molecular formula is C11H11F3N2O3. The van der Waals surface area contributed by atoms with Gasteiger partial charge < -0.3 is 10.1 Å². The van der Waals surface area contributed by atoms with E-state index in [1.54, 1.807) is 0 Å². The highest BCUT2D eigenvalue weighted by atomic mass is 19.4. The average molecular weight is 276 g/mol. The zero-order valence-electron chi connectivity index (χ0n) is 9.74. The van der Waals surface area contributed by atoms with Gasteiger partial charge in [0.2, 0.25) is 0 Å². The summed E-state index contributed by atoms with van der Waals surface area (Å²) in [4.78, 5) is 9.74. The van der Waals surface area contributed by atoms with Gasteiger partial charge in [-0.2, -0.15) is 13.2 Å². The standard InChI is InChI=1S/C11H11F3N2O3/c12-11(13,14)8-1-9(16(17)18)3-10(2-8)19-6-7-4-15-5-7/h1-3,7,15H,4-6H2. The van der Waals surface area contributed by atoms with Crippen molar-refractivity contribution in [1.29, 1.82) is 0 Å². The van der Waals surface area contributed by atoms with Crippen LogP contribution in [0.1, 0.15) is 5.56 Å². The van der Waals surface area contributed by atoms with E-state index in [1.807, 2.05) is 0 Å². The van der Waals surface area contributed by atoms with Crippen molar-refractivity contribution in [3.8, 4) is 5.75 Å². The Hall–Kier alpha value is -1.83. The molecule has 0 atom stereocenters. The number of nitrogens with one attached hydrogen (secondary N) is 1. The number of alkyl halides is 3. The lowest BCUT2D eigenvalue weighted by Gasteiger charge is -2.26. The van der Waals surface area contributed by atoms with Crippen LogP contribution in [-0.4, -0.2) is 24.6 Å². The van der Waals surface area contributed by atoms with Crippen molar-refractivity contribution in [3.63, 3.8) is 0 Å². The SMILES string of the molecule is O=[N+]([O-])c1cc(OCC2CNC2)cc(C(F)(F)F)c1. The molecule has 0 unspecified atom stereocenters. The Kier molecular flexibility index (Phi) is 3.61. The number of hydrogen-bond acceptors (Lipinski definition) is 4. The molecule has 1 aromatic carbocycles. The van der Waals surface area contributed by atoms with Gasteiger partial charge in [0.25, 0.3) is 5.69 Å². The molecule has 5 nitrogen and oxygen atoms in total. The van der Waals surface area contributed by atoms with Crippen molar-refractivity contribution in [1.82, 2.24) is 5.32 Å². The lowest BCUT2D eigenvalue weighted by Crippen LogP contribution is -2.45. The second kappa shape index (κ2) is 5.04. The Morgan fingerprint density at radius 3 is 2.53 bits per heavy atom. The number of non-ortho nitro benzene ring substituents is 1. The second-order valence-corrected chi connectivity index (χ2v) is 4.31. The van der Waals surface area contributed by atoms with Gasteiger partial charge in [0, 0.05) is 25.1 Å². The van der Waals surface area contributed by atoms with Crippen molar-refractivity contribution in [2.24, 2.45) is 5.92 Å². The first-order chi connectivity index (χ1) is 8.86. The highest BCUT2D eigenvalue weighted by molar-refractivity contribution is 5.43. The maximum atomic E-state index is 12.6. The van der Waals surface area contributed by atoms with Gasteiger partial charge in [-0.1, -0.05) is 0 Å². The number of benzene rings is 1. The molecule has 1 heterocycles. The molecule has 1 aromatic rings. The van der Waals surface area contributed by atoms with E-state index >= 15 is 0 Å². The normalized spacial score (nSPS) is 15.9. The van der Waals surface area contributed by atoms with Gasteiger partial charge in [0.05, 0.1) is 23.2 Å². The molecule has 0 saturated carbocycles. The van der Waals surface area contributed by atoms with E-state index in [2.05, 4.69) is 5.32 Å². The molecule has 2 rings (SSSR count). The summed E-state index contributed by atoms with van der Waals surface area (Å²) < 4.78 is 43.0. The summed E-state index contributed by atoms with van der Waals surface area (Å²) in [6, 6.07) is 2.28. The van der Waals surface area contributed by atoms with Gasteiger partial charge in [0.1, 0.15) is 5.75 Å². The predicted octanol–water partition coefficient (Wildman–Crippen LogP) is 2.21. The predicted molar refractivity (Wildman–Crippen MR) is 60.0 cm³/mol. The quantitative estimate of drug-likeness (QED) is 0.676. The lowest BCUT2D eigenvalue weighted by molar-refractivity contribution is -0.385. The Balaban J connectivity index is 2.20. The second-order valence-electron chi connectivity index (χ2n) is 4.31. The van der Waals surface area contributed by atoms with E-state index in [0.29, 0.717) is 6.07 Å². The first-order valence-corrected chi connectivity index (χ1v) is 5.56. The Morgan fingerprint density at radius 2 is 2.05 bits per heavy atom. The van der Waals surface area contributed by atoms with E-state index in [4.69, 9.17) is 4.74 Å². The Bertz CT molecular complexity index is 487. The van der Waals surface area contributed by atoms with Crippen molar-refractivity contribution >= 4 is 5.69 Å². The number of nitro benzene ring substituents is 1. The van der Waals surface area contributed by atoms with Crippen LogP contribution in [0.2, 0.25) is 0 Å². The highest BCUT2D eigenvalue weighted by Gasteiger charge is 2.33. The minimum absolute atomic E-state index is 0.131. The minimum Gasteiger partial charge on any atom is -0.493 e. The first kappa shape index (κ1) is 13.6. The van der Waals surface area contributed by atoms with Crippen LogP contribution in [0, 0.1) is 16.0 Å². The van der Waals surface area contributed by atoms with Crippen molar-refractivity contribution < 1.29 is 22.8 Å².